The van der Waals surface area contributed by atoms with Gasteiger partial charge in [-0.2, -0.15) is 0 Å². The Hall–Kier alpha value is 0.408. The second-order valence-electron chi connectivity index (χ2n) is 0. The molecule has 0 atom stereocenters. The predicted molar refractivity (Wildman–Crippen MR) is 10.0 cm³/mol. The van der Waals surface area contributed by atoms with Crippen LogP contribution in [-0.4, -0.2) is 0 Å². The van der Waals surface area contributed by atoms with Gasteiger partial charge in [-0.25, -0.2) is 0 Å². The molecule has 0 radical (unpaired) electrons. The van der Waals surface area contributed by atoms with Crippen LogP contribution in [0.4, 0.5) is 18.8 Å². The van der Waals surface area contributed by atoms with E-state index in [0.29, 0.717) is 0 Å². The van der Waals surface area contributed by atoms with Crippen LogP contribution in [-0.2, 0) is 21.1 Å². The molecule has 0 aromatic carbocycles. The maximum absolute atomic E-state index is 0. The van der Waals surface area contributed by atoms with E-state index in [4.69, 9.17) is 0 Å². The van der Waals surface area contributed by atoms with Crippen molar-refractivity contribution < 1.29 is 39.9 Å². The minimum absolute atomic E-state index is 0. The monoisotopic (exact) mass is 178 g/mol. The fourth-order valence-electron chi connectivity index (χ4n) is 0. The van der Waals surface area contributed by atoms with Gasteiger partial charge in [0.2, 0.25) is 0 Å². The third-order valence-corrected chi connectivity index (χ3v) is 0. The molecule has 0 amide bonds. The molecular weight excluding hydrogens is 172 g/mol. The Morgan fingerprint density at radius 2 is 0.400 bits per heavy atom. The average Bonchev–Trinajstić information content (AvgIpc) is 0. The molecule has 5 heteroatoms. The van der Waals surface area contributed by atoms with Crippen molar-refractivity contribution in [1.82, 2.24) is 0 Å². The third-order valence-electron chi connectivity index (χ3n) is 0. The van der Waals surface area contributed by atoms with Crippen LogP contribution in [0.5, 0.6) is 0 Å². The Morgan fingerprint density at radius 1 is 0.400 bits per heavy atom. The summed E-state index contributed by atoms with van der Waals surface area (Å²) in [6.45, 7) is 0. The Labute approximate surface area is 40.7 Å². The van der Waals surface area contributed by atoms with Gasteiger partial charge in [0, 0.05) is 21.1 Å². The van der Waals surface area contributed by atoms with E-state index in [9.17, 15) is 0 Å². The van der Waals surface area contributed by atoms with Gasteiger partial charge in [-0.3, -0.25) is 18.8 Å². The standard InChI is InChI=1S/4FH.Mo/h4*1H;. The van der Waals surface area contributed by atoms with Crippen LogP contribution in [0.25, 0.3) is 0 Å². The van der Waals surface area contributed by atoms with Crippen LogP contribution in [0.3, 0.4) is 0 Å². The second kappa shape index (κ2) is 307. The zero-order valence-corrected chi connectivity index (χ0v) is 4.05. The molecule has 0 saturated heterocycles. The van der Waals surface area contributed by atoms with E-state index < -0.39 is 0 Å². The van der Waals surface area contributed by atoms with Crippen molar-refractivity contribution in [3.05, 3.63) is 0 Å². The van der Waals surface area contributed by atoms with Crippen molar-refractivity contribution in [1.29, 1.82) is 0 Å². The molecule has 0 saturated carbocycles. The Balaban J connectivity index is 0. The molecule has 0 aliphatic heterocycles. The Bertz CT molecular complexity index is 3.61. The molecule has 0 aromatic rings. The molecule has 0 unspecified atom stereocenters. The molecule has 0 nitrogen and oxygen atoms in total. The zero-order chi connectivity index (χ0) is 0. The maximum atomic E-state index is 0. The first-order valence-electron chi connectivity index (χ1n) is 0. The van der Waals surface area contributed by atoms with Gasteiger partial charge in [0.25, 0.3) is 0 Å². The van der Waals surface area contributed by atoms with Gasteiger partial charge in [-0.05, 0) is 0 Å². The molecule has 0 aliphatic rings. The Kier molecular flexibility index (Phi) is 38700. The smallest absolute Gasteiger partial charge is 0 e. The van der Waals surface area contributed by atoms with Crippen molar-refractivity contribution in [3.63, 3.8) is 0 Å². The molecule has 0 fully saturated rings. The van der Waals surface area contributed by atoms with Crippen LogP contribution in [0.15, 0.2) is 0 Å². The quantitative estimate of drug-likeness (QED) is 0.374. The van der Waals surface area contributed by atoms with E-state index in [0.717, 1.165) is 0 Å². The van der Waals surface area contributed by atoms with Crippen molar-refractivity contribution in [3.8, 4) is 0 Å². The summed E-state index contributed by atoms with van der Waals surface area (Å²) >= 11 is 0. The van der Waals surface area contributed by atoms with Gasteiger partial charge in [-0.1, -0.05) is 0 Å². The summed E-state index contributed by atoms with van der Waals surface area (Å²) in [5.41, 5.74) is 0. The SMILES string of the molecule is F.F.F.F.[Mo]. The van der Waals surface area contributed by atoms with Crippen LogP contribution < -0.4 is 0 Å². The number of hydrogen-bond acceptors (Lipinski definition) is 0. The zero-order valence-electron chi connectivity index (χ0n) is 2.04. The topological polar surface area (TPSA) is 0 Å². The van der Waals surface area contributed by atoms with Gasteiger partial charge in [-0.15, -0.1) is 0 Å². The summed E-state index contributed by atoms with van der Waals surface area (Å²) in [6.07, 6.45) is 0. The molecule has 5 heavy (non-hydrogen) atoms. The fraction of sp³-hybridized carbons (Fsp3) is 0. The summed E-state index contributed by atoms with van der Waals surface area (Å²) in [4.78, 5) is 0. The normalized spacial score (nSPS) is 0. The van der Waals surface area contributed by atoms with Crippen LogP contribution in [0.2, 0.25) is 0 Å². The molecule has 0 spiro atoms. The van der Waals surface area contributed by atoms with E-state index >= 15 is 0 Å². The predicted octanol–water partition coefficient (Wildman–Crippen LogP) is 0.607. The Morgan fingerprint density at radius 3 is 0.400 bits per heavy atom. The number of halogens is 4. The molecule has 0 heterocycles. The first kappa shape index (κ1) is 630. The average molecular weight is 176 g/mol. The van der Waals surface area contributed by atoms with E-state index in [-0.39, 0.29) is 39.9 Å². The van der Waals surface area contributed by atoms with Crippen molar-refractivity contribution in [2.75, 3.05) is 0 Å². The number of rotatable bonds is 0. The molecular formula is H4F4Mo. The van der Waals surface area contributed by atoms with E-state index in [1.807, 2.05) is 0 Å². The van der Waals surface area contributed by atoms with Gasteiger partial charge in [0.1, 0.15) is 0 Å². The first-order chi connectivity index (χ1) is 0. The second-order valence-corrected chi connectivity index (χ2v) is 0. The van der Waals surface area contributed by atoms with Gasteiger partial charge >= 0.3 is 0 Å². The van der Waals surface area contributed by atoms with Crippen molar-refractivity contribution >= 4 is 0 Å². The summed E-state index contributed by atoms with van der Waals surface area (Å²) in [6, 6.07) is 0. The fourth-order valence-corrected chi connectivity index (χ4v) is 0. The summed E-state index contributed by atoms with van der Waals surface area (Å²) in [7, 11) is 0. The number of hydrogen-bond donors (Lipinski definition) is 0. The van der Waals surface area contributed by atoms with E-state index in [2.05, 4.69) is 0 Å². The molecule has 38 valence electrons. The van der Waals surface area contributed by atoms with Crippen LogP contribution in [0, 0.1) is 0 Å². The summed E-state index contributed by atoms with van der Waals surface area (Å²) in [5, 5.41) is 0. The molecule has 0 N–H and O–H groups in total. The van der Waals surface area contributed by atoms with Gasteiger partial charge in [0.05, 0.1) is 0 Å². The van der Waals surface area contributed by atoms with Gasteiger partial charge < -0.3 is 0 Å². The van der Waals surface area contributed by atoms with Crippen molar-refractivity contribution in [2.45, 2.75) is 0 Å². The molecule has 0 aromatic heterocycles. The van der Waals surface area contributed by atoms with Crippen molar-refractivity contribution in [2.24, 2.45) is 0 Å². The molecule has 0 bridgehead atoms. The van der Waals surface area contributed by atoms with Gasteiger partial charge in [0.15, 0.2) is 0 Å². The van der Waals surface area contributed by atoms with E-state index in [1.165, 1.54) is 0 Å². The summed E-state index contributed by atoms with van der Waals surface area (Å²) < 4.78 is 0. The molecule has 0 rings (SSSR count). The summed E-state index contributed by atoms with van der Waals surface area (Å²) in [5.74, 6) is 0. The third kappa shape index (κ3) is 153. The molecule has 0 aliphatic carbocycles. The first-order valence-corrected chi connectivity index (χ1v) is 0. The van der Waals surface area contributed by atoms with E-state index in [1.54, 1.807) is 0 Å². The van der Waals surface area contributed by atoms with Crippen LogP contribution >= 0.6 is 0 Å². The maximum Gasteiger partial charge on any atom is 0 e. The minimum Gasteiger partial charge on any atom is -0.269 e. The van der Waals surface area contributed by atoms with Crippen LogP contribution in [0.1, 0.15) is 0 Å². The largest absolute Gasteiger partial charge is 0.269 e. The minimum atomic E-state index is 0.